The lowest BCUT2D eigenvalue weighted by molar-refractivity contribution is 0.260. The van der Waals surface area contributed by atoms with Crippen molar-refractivity contribution in [2.45, 2.75) is 39.7 Å². The third-order valence-corrected chi connectivity index (χ3v) is 3.77. The zero-order valence-corrected chi connectivity index (χ0v) is 12.1. The number of hydrogen-bond acceptors (Lipinski definition) is 3. The van der Waals surface area contributed by atoms with Gasteiger partial charge in [-0.1, -0.05) is 12.1 Å². The predicted octanol–water partition coefficient (Wildman–Crippen LogP) is 2.66. The second-order valence-corrected chi connectivity index (χ2v) is 5.47. The normalized spacial score (nSPS) is 15.9. The zero-order valence-electron chi connectivity index (χ0n) is 12.1. The van der Waals surface area contributed by atoms with Crippen molar-refractivity contribution < 1.29 is 9.84 Å². The molecule has 0 spiro atoms. The van der Waals surface area contributed by atoms with Gasteiger partial charge in [0.05, 0.1) is 13.2 Å². The van der Waals surface area contributed by atoms with Crippen molar-refractivity contribution in [1.82, 2.24) is 4.90 Å². The number of nitrogens with zero attached hydrogens (tertiary/aromatic N) is 1. The van der Waals surface area contributed by atoms with E-state index in [1.807, 2.05) is 26.0 Å². The molecule has 0 saturated carbocycles. The number of hydrogen-bond donors (Lipinski definition) is 1. The molecular formula is C16H25NO2. The lowest BCUT2D eigenvalue weighted by Gasteiger charge is -2.16. The molecule has 0 radical (unpaired) electrons. The van der Waals surface area contributed by atoms with Gasteiger partial charge < -0.3 is 14.7 Å². The summed E-state index contributed by atoms with van der Waals surface area (Å²) in [6, 6.07) is 4.01. The maximum Gasteiger partial charge on any atom is 0.125 e. The molecule has 1 fully saturated rings. The van der Waals surface area contributed by atoms with Crippen LogP contribution in [-0.2, 0) is 6.61 Å². The van der Waals surface area contributed by atoms with E-state index in [-0.39, 0.29) is 6.61 Å². The first-order chi connectivity index (χ1) is 9.20. The Balaban J connectivity index is 1.81. The first-order valence-electron chi connectivity index (χ1n) is 7.27. The molecule has 1 aromatic carbocycles. The molecule has 1 heterocycles. The third-order valence-electron chi connectivity index (χ3n) is 3.77. The summed E-state index contributed by atoms with van der Waals surface area (Å²) >= 11 is 0. The average molecular weight is 263 g/mol. The van der Waals surface area contributed by atoms with Crippen LogP contribution in [0.1, 0.15) is 36.0 Å². The van der Waals surface area contributed by atoms with Gasteiger partial charge in [-0.3, -0.25) is 0 Å². The Bertz CT molecular complexity index is 388. The van der Waals surface area contributed by atoms with Gasteiger partial charge in [0, 0.05) is 6.54 Å². The summed E-state index contributed by atoms with van der Waals surface area (Å²) in [4.78, 5) is 2.51. The van der Waals surface area contributed by atoms with E-state index >= 15 is 0 Å². The van der Waals surface area contributed by atoms with Gasteiger partial charge in [-0.2, -0.15) is 0 Å². The standard InChI is InChI=1S/C16H25NO2/c1-13-10-15(12-18)11-14(2)16(13)19-9-5-8-17-6-3-4-7-17/h10-11,18H,3-9,12H2,1-2H3. The topological polar surface area (TPSA) is 32.7 Å². The smallest absolute Gasteiger partial charge is 0.125 e. The van der Waals surface area contributed by atoms with Gasteiger partial charge in [-0.05, 0) is 62.9 Å². The van der Waals surface area contributed by atoms with Crippen LogP contribution in [0.3, 0.4) is 0 Å². The molecular weight excluding hydrogens is 238 g/mol. The number of likely N-dealkylation sites (tertiary alicyclic amines) is 1. The number of aryl methyl sites for hydroxylation is 2. The van der Waals surface area contributed by atoms with Gasteiger partial charge in [0.15, 0.2) is 0 Å². The Hall–Kier alpha value is -1.06. The van der Waals surface area contributed by atoms with E-state index in [4.69, 9.17) is 9.84 Å². The van der Waals surface area contributed by atoms with Crippen molar-refractivity contribution in [1.29, 1.82) is 0 Å². The average Bonchev–Trinajstić information content (AvgIpc) is 2.89. The molecule has 106 valence electrons. The summed E-state index contributed by atoms with van der Waals surface area (Å²) in [6.07, 6.45) is 3.78. The summed E-state index contributed by atoms with van der Waals surface area (Å²) in [5.41, 5.74) is 3.19. The van der Waals surface area contributed by atoms with Crippen LogP contribution in [0.15, 0.2) is 12.1 Å². The fourth-order valence-corrected chi connectivity index (χ4v) is 2.83. The summed E-state index contributed by atoms with van der Waals surface area (Å²) in [5, 5.41) is 9.17. The van der Waals surface area contributed by atoms with E-state index in [1.165, 1.54) is 25.9 Å². The van der Waals surface area contributed by atoms with Gasteiger partial charge in [-0.25, -0.2) is 0 Å². The maximum absolute atomic E-state index is 9.17. The molecule has 3 nitrogen and oxygen atoms in total. The largest absolute Gasteiger partial charge is 0.493 e. The number of aliphatic hydroxyl groups is 1. The second kappa shape index (κ2) is 6.92. The van der Waals surface area contributed by atoms with Crippen LogP contribution in [0.2, 0.25) is 0 Å². The lowest BCUT2D eigenvalue weighted by atomic mass is 10.1. The van der Waals surface area contributed by atoms with Gasteiger partial charge in [0.1, 0.15) is 5.75 Å². The van der Waals surface area contributed by atoms with Gasteiger partial charge >= 0.3 is 0 Å². The first-order valence-corrected chi connectivity index (χ1v) is 7.27. The number of aliphatic hydroxyl groups excluding tert-OH is 1. The maximum atomic E-state index is 9.17. The molecule has 1 saturated heterocycles. The fraction of sp³-hybridized carbons (Fsp3) is 0.625. The highest BCUT2D eigenvalue weighted by molar-refractivity contribution is 5.43. The summed E-state index contributed by atoms with van der Waals surface area (Å²) in [5.74, 6) is 0.985. The van der Waals surface area contributed by atoms with Crippen molar-refractivity contribution in [3.05, 3.63) is 28.8 Å². The molecule has 1 aromatic rings. The van der Waals surface area contributed by atoms with Crippen molar-refractivity contribution in [3.8, 4) is 5.75 Å². The first kappa shape index (κ1) is 14.4. The number of rotatable bonds is 6. The predicted molar refractivity (Wildman–Crippen MR) is 77.6 cm³/mol. The van der Waals surface area contributed by atoms with Crippen molar-refractivity contribution in [2.75, 3.05) is 26.2 Å². The quantitative estimate of drug-likeness (QED) is 0.801. The van der Waals surface area contributed by atoms with E-state index in [0.717, 1.165) is 42.0 Å². The minimum atomic E-state index is 0.0942. The molecule has 1 aliphatic rings. The Kier molecular flexibility index (Phi) is 5.23. The molecule has 0 aliphatic carbocycles. The minimum Gasteiger partial charge on any atom is -0.493 e. The number of ether oxygens (including phenoxy) is 1. The minimum absolute atomic E-state index is 0.0942. The van der Waals surface area contributed by atoms with E-state index in [0.29, 0.717) is 0 Å². The molecule has 1 aliphatic heterocycles. The molecule has 1 N–H and O–H groups in total. The summed E-state index contributed by atoms with van der Waals surface area (Å²) in [6.45, 7) is 8.61. The Morgan fingerprint density at radius 1 is 1.16 bits per heavy atom. The SMILES string of the molecule is Cc1cc(CO)cc(C)c1OCCCN1CCCC1. The van der Waals surface area contributed by atoms with Crippen molar-refractivity contribution >= 4 is 0 Å². The summed E-state index contributed by atoms with van der Waals surface area (Å²) in [7, 11) is 0. The fourth-order valence-electron chi connectivity index (χ4n) is 2.83. The van der Waals surface area contributed by atoms with Crippen LogP contribution in [0.4, 0.5) is 0 Å². The zero-order chi connectivity index (χ0) is 13.7. The van der Waals surface area contributed by atoms with Crippen LogP contribution >= 0.6 is 0 Å². The Labute approximate surface area is 116 Å². The highest BCUT2D eigenvalue weighted by Gasteiger charge is 2.11. The van der Waals surface area contributed by atoms with Gasteiger partial charge in [-0.15, -0.1) is 0 Å². The molecule has 0 aromatic heterocycles. The van der Waals surface area contributed by atoms with E-state index in [1.54, 1.807) is 0 Å². The van der Waals surface area contributed by atoms with Gasteiger partial charge in [0.2, 0.25) is 0 Å². The molecule has 0 amide bonds. The van der Waals surface area contributed by atoms with E-state index in [2.05, 4.69) is 4.90 Å². The second-order valence-electron chi connectivity index (χ2n) is 5.47. The van der Waals surface area contributed by atoms with E-state index in [9.17, 15) is 0 Å². The molecule has 0 atom stereocenters. The lowest BCUT2D eigenvalue weighted by Crippen LogP contribution is -2.22. The Morgan fingerprint density at radius 2 is 1.79 bits per heavy atom. The van der Waals surface area contributed by atoms with Gasteiger partial charge in [0.25, 0.3) is 0 Å². The van der Waals surface area contributed by atoms with Crippen molar-refractivity contribution in [3.63, 3.8) is 0 Å². The van der Waals surface area contributed by atoms with Crippen LogP contribution < -0.4 is 4.74 Å². The molecule has 3 heteroatoms. The molecule has 19 heavy (non-hydrogen) atoms. The number of benzene rings is 1. The van der Waals surface area contributed by atoms with E-state index < -0.39 is 0 Å². The molecule has 0 bridgehead atoms. The molecule has 2 rings (SSSR count). The van der Waals surface area contributed by atoms with Crippen molar-refractivity contribution in [2.24, 2.45) is 0 Å². The molecule has 0 unspecified atom stereocenters. The Morgan fingerprint density at radius 3 is 2.37 bits per heavy atom. The highest BCUT2D eigenvalue weighted by Crippen LogP contribution is 2.25. The van der Waals surface area contributed by atoms with Crippen LogP contribution in [0, 0.1) is 13.8 Å². The monoisotopic (exact) mass is 263 g/mol. The van der Waals surface area contributed by atoms with Crippen LogP contribution in [0.25, 0.3) is 0 Å². The third kappa shape index (κ3) is 3.95. The summed E-state index contributed by atoms with van der Waals surface area (Å²) < 4.78 is 5.92. The highest BCUT2D eigenvalue weighted by atomic mass is 16.5. The van der Waals surface area contributed by atoms with Crippen LogP contribution in [-0.4, -0.2) is 36.2 Å². The van der Waals surface area contributed by atoms with Crippen LogP contribution in [0.5, 0.6) is 5.75 Å².